The van der Waals surface area contributed by atoms with Crippen molar-refractivity contribution in [2.24, 2.45) is 5.73 Å². The van der Waals surface area contributed by atoms with E-state index in [4.69, 9.17) is 5.73 Å². The molecule has 0 bridgehead atoms. The lowest BCUT2D eigenvalue weighted by molar-refractivity contribution is -0.118. The molecule has 0 fully saturated rings. The summed E-state index contributed by atoms with van der Waals surface area (Å²) in [6, 6.07) is 8.36. The summed E-state index contributed by atoms with van der Waals surface area (Å²) in [4.78, 5) is 11.7. The fourth-order valence-electron chi connectivity index (χ4n) is 1.14. The van der Waals surface area contributed by atoms with Crippen molar-refractivity contribution in [3.05, 3.63) is 29.8 Å². The summed E-state index contributed by atoms with van der Waals surface area (Å²) in [6.07, 6.45) is 1.34. The number of carbonyl (C=O) groups excluding carboxylic acids is 1. The van der Waals surface area contributed by atoms with Gasteiger partial charge < -0.3 is 5.73 Å². The third-order valence-corrected chi connectivity index (χ3v) is 2.91. The van der Waals surface area contributed by atoms with Gasteiger partial charge in [0.05, 0.1) is 0 Å². The second-order valence-corrected chi connectivity index (χ2v) is 4.40. The lowest BCUT2D eigenvalue weighted by Crippen LogP contribution is -2.09. The van der Waals surface area contributed by atoms with Gasteiger partial charge in [-0.15, -0.1) is 11.8 Å². The van der Waals surface area contributed by atoms with Gasteiger partial charge in [0, 0.05) is 11.3 Å². The molecular formula is C11H15NOS. The average molecular weight is 209 g/mol. The van der Waals surface area contributed by atoms with Crippen LogP contribution in [0.15, 0.2) is 29.2 Å². The Labute approximate surface area is 88.9 Å². The number of primary amides is 1. The fraction of sp³-hybridized carbons (Fsp3) is 0.364. The molecule has 0 spiro atoms. The molecule has 0 aliphatic rings. The average Bonchev–Trinajstić information content (AvgIpc) is 2.12. The summed E-state index contributed by atoms with van der Waals surface area (Å²) in [5.74, 6) is 0.738. The van der Waals surface area contributed by atoms with Crippen LogP contribution < -0.4 is 5.73 Å². The molecule has 76 valence electrons. The largest absolute Gasteiger partial charge is 0.370 e. The quantitative estimate of drug-likeness (QED) is 0.597. The highest BCUT2D eigenvalue weighted by molar-refractivity contribution is 7.99. The molecule has 0 saturated carbocycles. The van der Waals surface area contributed by atoms with Gasteiger partial charge in [-0.1, -0.05) is 17.7 Å². The van der Waals surface area contributed by atoms with Gasteiger partial charge in [0.1, 0.15) is 0 Å². The molecule has 0 aliphatic heterocycles. The van der Waals surface area contributed by atoms with E-state index in [0.717, 1.165) is 12.2 Å². The van der Waals surface area contributed by atoms with Crippen LogP contribution in [0.25, 0.3) is 0 Å². The SMILES string of the molecule is Cc1cccc(SCCCC(N)=O)c1. The maximum atomic E-state index is 10.5. The highest BCUT2D eigenvalue weighted by atomic mass is 32.2. The molecule has 0 aliphatic carbocycles. The molecule has 0 radical (unpaired) electrons. The summed E-state index contributed by atoms with van der Waals surface area (Å²) in [5, 5.41) is 0. The lowest BCUT2D eigenvalue weighted by Gasteiger charge is -2.01. The Morgan fingerprint density at radius 2 is 2.29 bits per heavy atom. The van der Waals surface area contributed by atoms with Crippen LogP contribution in [0.1, 0.15) is 18.4 Å². The Kier molecular flexibility index (Phi) is 4.53. The first-order chi connectivity index (χ1) is 6.68. The zero-order chi connectivity index (χ0) is 10.4. The number of hydrogen-bond donors (Lipinski definition) is 1. The first kappa shape index (κ1) is 11.1. The van der Waals surface area contributed by atoms with Crippen molar-refractivity contribution in [1.82, 2.24) is 0 Å². The van der Waals surface area contributed by atoms with Crippen LogP contribution in [0.4, 0.5) is 0 Å². The highest BCUT2D eigenvalue weighted by Gasteiger charge is 1.96. The van der Waals surface area contributed by atoms with E-state index in [1.165, 1.54) is 10.5 Å². The number of nitrogens with two attached hydrogens (primary N) is 1. The van der Waals surface area contributed by atoms with Gasteiger partial charge in [-0.2, -0.15) is 0 Å². The number of thioether (sulfide) groups is 1. The van der Waals surface area contributed by atoms with Gasteiger partial charge >= 0.3 is 0 Å². The summed E-state index contributed by atoms with van der Waals surface area (Å²) in [7, 11) is 0. The van der Waals surface area contributed by atoms with E-state index < -0.39 is 0 Å². The van der Waals surface area contributed by atoms with Crippen LogP contribution >= 0.6 is 11.8 Å². The van der Waals surface area contributed by atoms with Gasteiger partial charge in [-0.05, 0) is 31.2 Å². The molecule has 3 heteroatoms. The minimum atomic E-state index is -0.213. The third-order valence-electron chi connectivity index (χ3n) is 1.83. The highest BCUT2D eigenvalue weighted by Crippen LogP contribution is 2.19. The van der Waals surface area contributed by atoms with Crippen molar-refractivity contribution in [3.63, 3.8) is 0 Å². The van der Waals surface area contributed by atoms with Crippen LogP contribution in [0.2, 0.25) is 0 Å². The van der Waals surface area contributed by atoms with Crippen molar-refractivity contribution in [3.8, 4) is 0 Å². The standard InChI is InChI=1S/C11H15NOS/c1-9-4-2-5-10(8-9)14-7-3-6-11(12)13/h2,4-5,8H,3,6-7H2,1H3,(H2,12,13). The van der Waals surface area contributed by atoms with E-state index in [1.54, 1.807) is 11.8 Å². The van der Waals surface area contributed by atoms with Crippen molar-refractivity contribution in [2.75, 3.05) is 5.75 Å². The number of rotatable bonds is 5. The molecule has 1 aromatic carbocycles. The Balaban J connectivity index is 2.28. The van der Waals surface area contributed by atoms with E-state index in [0.29, 0.717) is 6.42 Å². The van der Waals surface area contributed by atoms with Crippen LogP contribution in [0.3, 0.4) is 0 Å². The predicted molar refractivity (Wildman–Crippen MR) is 60.3 cm³/mol. The van der Waals surface area contributed by atoms with Crippen molar-refractivity contribution >= 4 is 17.7 Å². The summed E-state index contributed by atoms with van der Waals surface area (Å²) in [6.45, 7) is 2.08. The fourth-order valence-corrected chi connectivity index (χ4v) is 2.11. The molecule has 0 heterocycles. The Bertz CT molecular complexity index is 312. The second kappa shape index (κ2) is 5.70. The Morgan fingerprint density at radius 1 is 1.50 bits per heavy atom. The minimum absolute atomic E-state index is 0.213. The molecule has 2 N–H and O–H groups in total. The van der Waals surface area contributed by atoms with Gasteiger partial charge in [-0.3, -0.25) is 4.79 Å². The van der Waals surface area contributed by atoms with Crippen molar-refractivity contribution in [1.29, 1.82) is 0 Å². The second-order valence-electron chi connectivity index (χ2n) is 3.23. The van der Waals surface area contributed by atoms with E-state index in [2.05, 4.69) is 25.1 Å². The third kappa shape index (κ3) is 4.33. The van der Waals surface area contributed by atoms with Crippen molar-refractivity contribution < 1.29 is 4.79 Å². The number of carbonyl (C=O) groups is 1. The molecule has 1 aromatic rings. The van der Waals surface area contributed by atoms with E-state index in [9.17, 15) is 4.79 Å². The van der Waals surface area contributed by atoms with Gasteiger partial charge in [-0.25, -0.2) is 0 Å². The van der Waals surface area contributed by atoms with E-state index >= 15 is 0 Å². The molecule has 0 aromatic heterocycles. The van der Waals surface area contributed by atoms with Crippen LogP contribution in [0, 0.1) is 6.92 Å². The molecule has 14 heavy (non-hydrogen) atoms. The van der Waals surface area contributed by atoms with Crippen LogP contribution in [0.5, 0.6) is 0 Å². The monoisotopic (exact) mass is 209 g/mol. The maximum Gasteiger partial charge on any atom is 0.217 e. The molecule has 1 amide bonds. The summed E-state index contributed by atoms with van der Waals surface area (Å²) in [5.41, 5.74) is 6.32. The zero-order valence-corrected chi connectivity index (χ0v) is 9.14. The van der Waals surface area contributed by atoms with Crippen molar-refractivity contribution in [2.45, 2.75) is 24.7 Å². The minimum Gasteiger partial charge on any atom is -0.370 e. The van der Waals surface area contributed by atoms with Gasteiger partial charge in [0.15, 0.2) is 0 Å². The lowest BCUT2D eigenvalue weighted by atomic mass is 10.2. The van der Waals surface area contributed by atoms with Crippen LogP contribution in [-0.4, -0.2) is 11.7 Å². The van der Waals surface area contributed by atoms with E-state index in [1.807, 2.05) is 6.07 Å². The molecule has 0 atom stereocenters. The van der Waals surface area contributed by atoms with Gasteiger partial charge in [0.2, 0.25) is 5.91 Å². The normalized spacial score (nSPS) is 10.1. The Hall–Kier alpha value is -0.960. The molecule has 1 rings (SSSR count). The number of amides is 1. The smallest absolute Gasteiger partial charge is 0.217 e. The van der Waals surface area contributed by atoms with Crippen LogP contribution in [-0.2, 0) is 4.79 Å². The number of aryl methyl sites for hydroxylation is 1. The zero-order valence-electron chi connectivity index (χ0n) is 8.32. The number of benzene rings is 1. The first-order valence-electron chi connectivity index (χ1n) is 4.66. The summed E-state index contributed by atoms with van der Waals surface area (Å²) >= 11 is 1.77. The van der Waals surface area contributed by atoms with E-state index in [-0.39, 0.29) is 5.91 Å². The molecule has 0 unspecified atom stereocenters. The Morgan fingerprint density at radius 3 is 2.93 bits per heavy atom. The molecular weight excluding hydrogens is 194 g/mol. The summed E-state index contributed by atoms with van der Waals surface area (Å²) < 4.78 is 0. The topological polar surface area (TPSA) is 43.1 Å². The van der Waals surface area contributed by atoms with Gasteiger partial charge in [0.25, 0.3) is 0 Å². The number of hydrogen-bond acceptors (Lipinski definition) is 2. The molecule has 2 nitrogen and oxygen atoms in total. The maximum absolute atomic E-state index is 10.5. The predicted octanol–water partition coefficient (Wildman–Crippen LogP) is 2.35. The first-order valence-corrected chi connectivity index (χ1v) is 5.65. The molecule has 0 saturated heterocycles.